The van der Waals surface area contributed by atoms with Crippen LogP contribution in [0.5, 0.6) is 0 Å². The summed E-state index contributed by atoms with van der Waals surface area (Å²) < 4.78 is 21.2. The molecule has 14 heteroatoms. The number of ether oxygens (including phenoxy) is 1. The lowest BCUT2D eigenvalue weighted by Gasteiger charge is -2.41. The second kappa shape index (κ2) is 16.1. The van der Waals surface area contributed by atoms with Crippen LogP contribution >= 0.6 is 11.6 Å². The minimum absolute atomic E-state index is 0.0100. The van der Waals surface area contributed by atoms with Crippen molar-refractivity contribution in [2.45, 2.75) is 87.2 Å². The van der Waals surface area contributed by atoms with Crippen LogP contribution in [0, 0.1) is 29.1 Å². The zero-order chi connectivity index (χ0) is 32.1. The Morgan fingerprint density at radius 1 is 1.02 bits per heavy atom. The van der Waals surface area contributed by atoms with E-state index in [-0.39, 0.29) is 48.3 Å². The third kappa shape index (κ3) is 9.26. The highest BCUT2D eigenvalue weighted by Gasteiger charge is 2.55. The average Bonchev–Trinajstić information content (AvgIpc) is 3.69. The van der Waals surface area contributed by atoms with Crippen LogP contribution in [0.4, 0.5) is 4.39 Å². The van der Waals surface area contributed by atoms with Crippen molar-refractivity contribution in [2.75, 3.05) is 72.2 Å². The zero-order valence-corrected chi connectivity index (χ0v) is 27.0. The van der Waals surface area contributed by atoms with Gasteiger partial charge in [0.05, 0.1) is 18.1 Å². The lowest BCUT2D eigenvalue weighted by atomic mass is 9.79. The van der Waals surface area contributed by atoms with Crippen LogP contribution in [0.1, 0.15) is 44.9 Å². The van der Waals surface area contributed by atoms with Crippen molar-refractivity contribution in [1.82, 2.24) is 25.8 Å². The number of hydrogen-bond acceptors (Lipinski definition) is 11. The van der Waals surface area contributed by atoms with E-state index in [1.807, 2.05) is 0 Å². The number of likely N-dealkylation sites (tertiary alicyclic amines) is 2. The Morgan fingerprint density at radius 2 is 1.71 bits per heavy atom. The Balaban J connectivity index is 0.897. The molecule has 5 aliphatic rings. The Labute approximate surface area is 271 Å². The molecule has 0 aromatic rings. The van der Waals surface area contributed by atoms with Gasteiger partial charge in [0.15, 0.2) is 0 Å². The predicted octanol–water partition coefficient (Wildman–Crippen LogP) is -1.18. The van der Waals surface area contributed by atoms with Gasteiger partial charge in [0.1, 0.15) is 30.8 Å². The summed E-state index contributed by atoms with van der Waals surface area (Å²) in [5, 5.41) is 58.0. The highest BCUT2D eigenvalue weighted by atomic mass is 35.5. The molecule has 8 atom stereocenters. The Hall–Kier alpha value is -0.710. The minimum Gasteiger partial charge on any atom is -0.394 e. The van der Waals surface area contributed by atoms with Crippen molar-refractivity contribution in [2.24, 2.45) is 29.1 Å². The molecular weight excluding hydrogens is 609 g/mol. The average molecular weight is 664 g/mol. The van der Waals surface area contributed by atoms with Crippen LogP contribution in [0.2, 0.25) is 0 Å². The summed E-state index contributed by atoms with van der Waals surface area (Å²) in [5.41, 5.74) is 0.422. The van der Waals surface area contributed by atoms with E-state index in [0.717, 1.165) is 39.2 Å². The normalized spacial score (nSPS) is 35.0. The van der Waals surface area contributed by atoms with Gasteiger partial charge in [-0.05, 0) is 61.7 Å². The number of nitrogens with one attached hydrogen (secondary N) is 3. The van der Waals surface area contributed by atoms with Crippen molar-refractivity contribution in [1.29, 1.82) is 0 Å². The van der Waals surface area contributed by atoms with E-state index in [2.05, 4.69) is 20.9 Å². The van der Waals surface area contributed by atoms with Crippen molar-refractivity contribution in [3.8, 4) is 0 Å². The monoisotopic (exact) mass is 663 g/mol. The number of nitrogens with zero attached hydrogens (tertiary/aromatic N) is 2. The predicted molar refractivity (Wildman–Crippen MR) is 166 cm³/mol. The topological polar surface area (TPSA) is 170 Å². The van der Waals surface area contributed by atoms with Crippen LogP contribution in [0.15, 0.2) is 0 Å². The fourth-order valence-corrected chi connectivity index (χ4v) is 7.96. The fourth-order valence-electron chi connectivity index (χ4n) is 7.78. The smallest absolute Gasteiger partial charge is 0.222 e. The first kappa shape index (κ1) is 35.6. The summed E-state index contributed by atoms with van der Waals surface area (Å²) in [6, 6.07) is 0. The number of piperidine rings is 1. The Bertz CT molecular complexity index is 938. The number of aliphatic hydroxyl groups excluding tert-OH is 5. The highest BCUT2D eigenvalue weighted by molar-refractivity contribution is 6.21. The van der Waals surface area contributed by atoms with Gasteiger partial charge < -0.3 is 40.5 Å². The molecular formula is C31H55ClFN5O7. The van der Waals surface area contributed by atoms with Crippen LogP contribution in [-0.4, -0.2) is 156 Å². The fraction of sp³-hybridized carbons (Fsp3) is 0.968. The first-order valence-electron chi connectivity index (χ1n) is 17.0. The van der Waals surface area contributed by atoms with Gasteiger partial charge in [0.2, 0.25) is 5.91 Å². The van der Waals surface area contributed by atoms with E-state index in [0.29, 0.717) is 50.4 Å². The molecule has 1 spiro atoms. The largest absolute Gasteiger partial charge is 0.394 e. The van der Waals surface area contributed by atoms with Gasteiger partial charge >= 0.3 is 0 Å². The second-order valence-corrected chi connectivity index (χ2v) is 15.1. The highest BCUT2D eigenvalue weighted by Crippen LogP contribution is 2.59. The molecule has 12 nitrogen and oxygen atoms in total. The maximum atomic E-state index is 15.1. The third-order valence-electron chi connectivity index (χ3n) is 11.1. The summed E-state index contributed by atoms with van der Waals surface area (Å²) >= 11 is 6.18. The van der Waals surface area contributed by atoms with Gasteiger partial charge in [-0.1, -0.05) is 0 Å². The van der Waals surface area contributed by atoms with E-state index < -0.39 is 37.2 Å². The molecule has 3 heterocycles. The Morgan fingerprint density at radius 3 is 2.38 bits per heavy atom. The van der Waals surface area contributed by atoms with Gasteiger partial charge in [-0.3, -0.25) is 20.3 Å². The van der Waals surface area contributed by atoms with Crippen LogP contribution < -0.4 is 16.0 Å². The molecule has 8 N–H and O–H groups in total. The number of halogens is 2. The maximum Gasteiger partial charge on any atom is 0.222 e. The number of hydrogen-bond donors (Lipinski definition) is 8. The third-order valence-corrected chi connectivity index (χ3v) is 11.4. The van der Waals surface area contributed by atoms with E-state index >= 15 is 4.39 Å². The number of carbonyl (C=O) groups excluding carboxylic acids is 1. The molecule has 5 rings (SSSR count). The van der Waals surface area contributed by atoms with E-state index in [1.54, 1.807) is 4.90 Å². The van der Waals surface area contributed by atoms with Crippen molar-refractivity contribution >= 4 is 17.5 Å². The van der Waals surface area contributed by atoms with Crippen LogP contribution in [-0.2, 0) is 9.53 Å². The summed E-state index contributed by atoms with van der Waals surface area (Å²) in [4.78, 5) is 17.0. The first-order valence-corrected chi connectivity index (χ1v) is 17.4. The summed E-state index contributed by atoms with van der Waals surface area (Å²) in [7, 11) is 0. The molecule has 2 aliphatic carbocycles. The number of aliphatic hydroxyl groups is 5. The van der Waals surface area contributed by atoms with E-state index in [1.165, 1.54) is 19.3 Å². The molecule has 45 heavy (non-hydrogen) atoms. The molecule has 0 radical (unpaired) electrons. The van der Waals surface area contributed by atoms with Crippen molar-refractivity contribution < 1.29 is 39.5 Å². The van der Waals surface area contributed by atoms with E-state index in [4.69, 9.17) is 21.4 Å². The van der Waals surface area contributed by atoms with Gasteiger partial charge in [-0.25, -0.2) is 4.39 Å². The number of carbonyl (C=O) groups is 1. The summed E-state index contributed by atoms with van der Waals surface area (Å²) in [6.07, 6.45) is -0.985. The molecule has 3 aliphatic heterocycles. The molecule has 4 unspecified atom stereocenters. The van der Waals surface area contributed by atoms with Gasteiger partial charge in [0.25, 0.3) is 0 Å². The van der Waals surface area contributed by atoms with Gasteiger partial charge in [-0.2, -0.15) is 0 Å². The van der Waals surface area contributed by atoms with E-state index in [9.17, 15) is 25.2 Å². The number of alkyl halides is 2. The molecule has 2 saturated carbocycles. The molecule has 5 fully saturated rings. The molecule has 0 aromatic carbocycles. The quantitative estimate of drug-likeness (QED) is 0.0993. The number of amides is 1. The SMILES string of the molecule is O=C(CC1CCC(COCC2CC23CCN(C2NCC(Cl)CN2)CC3)CC1F)N1CC(CNC[C@H](O)[C@@H](O)[C@H](O)[C@H](O)CO)C1. The molecule has 1 amide bonds. The summed E-state index contributed by atoms with van der Waals surface area (Å²) in [5.74, 6) is 0.736. The molecule has 0 aromatic heterocycles. The molecule has 3 saturated heterocycles. The standard InChI is InChI=1S/C31H55ClFN5O7/c32-23-11-35-30(36-12-23)37-5-3-31(4-6-37)9-22(31)18-45-17-19-1-2-21(24(33)7-19)8-27(42)38-14-20(15-38)10-34-13-25(40)28(43)29(44)26(41)16-39/h19-26,28-30,34-36,39-41,43-44H,1-18H2/t19?,21?,22?,23?,24?,25-,26+,28+,29+,30?/m0/s1. The van der Waals surface area contributed by atoms with Crippen molar-refractivity contribution in [3.05, 3.63) is 0 Å². The first-order chi connectivity index (χ1) is 21.6. The van der Waals surface area contributed by atoms with Gasteiger partial charge in [0, 0.05) is 77.9 Å². The maximum absolute atomic E-state index is 15.1. The lowest BCUT2D eigenvalue weighted by Crippen LogP contribution is -2.63. The Kier molecular flexibility index (Phi) is 12.8. The molecule has 260 valence electrons. The van der Waals surface area contributed by atoms with Crippen LogP contribution in [0.25, 0.3) is 0 Å². The van der Waals surface area contributed by atoms with Crippen molar-refractivity contribution in [3.63, 3.8) is 0 Å². The lowest BCUT2D eigenvalue weighted by molar-refractivity contribution is -0.139. The second-order valence-electron chi connectivity index (χ2n) is 14.4. The molecule has 0 bridgehead atoms. The summed E-state index contributed by atoms with van der Waals surface area (Å²) in [6.45, 7) is 6.08. The zero-order valence-electron chi connectivity index (χ0n) is 26.3. The van der Waals surface area contributed by atoms with Gasteiger partial charge in [-0.15, -0.1) is 11.6 Å². The minimum atomic E-state index is -1.65. The van der Waals surface area contributed by atoms with Crippen LogP contribution in [0.3, 0.4) is 0 Å². The number of rotatable bonds is 15.